The third kappa shape index (κ3) is 4.78. The maximum Gasteiger partial charge on any atom is 0.245 e. The summed E-state index contributed by atoms with van der Waals surface area (Å²) in [6.07, 6.45) is 3.28. The SMILES string of the molecule is N=C(c1ccncc1Nc1ccc(Cl)cc1)N1CCOCC1C(=O)NCCN. The molecule has 5 N–H and O–H groups in total. The lowest BCUT2D eigenvalue weighted by molar-refractivity contribution is -0.129. The average Bonchev–Trinajstić information content (AvgIpc) is 2.73. The molecule has 0 spiro atoms. The summed E-state index contributed by atoms with van der Waals surface area (Å²) in [5, 5.41) is 15.4. The number of hydrogen-bond donors (Lipinski definition) is 4. The number of aromatic nitrogens is 1. The molecule has 0 bridgehead atoms. The summed E-state index contributed by atoms with van der Waals surface area (Å²) in [6, 6.07) is 8.44. The predicted molar refractivity (Wildman–Crippen MR) is 109 cm³/mol. The van der Waals surface area contributed by atoms with Crippen LogP contribution >= 0.6 is 11.6 Å². The minimum absolute atomic E-state index is 0.198. The lowest BCUT2D eigenvalue weighted by atomic mass is 10.1. The van der Waals surface area contributed by atoms with Crippen LogP contribution in [0.5, 0.6) is 0 Å². The van der Waals surface area contributed by atoms with Crippen LogP contribution in [0.15, 0.2) is 42.7 Å². The van der Waals surface area contributed by atoms with Crippen LogP contribution in [0.3, 0.4) is 0 Å². The first kappa shape index (κ1) is 20.1. The molecular weight excluding hydrogens is 380 g/mol. The van der Waals surface area contributed by atoms with Gasteiger partial charge in [-0.15, -0.1) is 0 Å². The highest BCUT2D eigenvalue weighted by Gasteiger charge is 2.32. The minimum atomic E-state index is -0.579. The molecule has 1 fully saturated rings. The van der Waals surface area contributed by atoms with E-state index in [4.69, 9.17) is 27.5 Å². The molecule has 0 saturated carbocycles. The molecular formula is C19H23ClN6O2. The highest BCUT2D eigenvalue weighted by molar-refractivity contribution is 6.30. The number of carbonyl (C=O) groups excluding carboxylic acids is 1. The highest BCUT2D eigenvalue weighted by atomic mass is 35.5. The van der Waals surface area contributed by atoms with Crippen molar-refractivity contribution in [3.8, 4) is 0 Å². The summed E-state index contributed by atoms with van der Waals surface area (Å²) in [6.45, 7) is 1.87. The van der Waals surface area contributed by atoms with E-state index >= 15 is 0 Å². The first-order valence-electron chi connectivity index (χ1n) is 8.98. The number of carbonyl (C=O) groups is 1. The van der Waals surface area contributed by atoms with E-state index in [-0.39, 0.29) is 18.3 Å². The van der Waals surface area contributed by atoms with E-state index in [1.165, 1.54) is 0 Å². The van der Waals surface area contributed by atoms with Crippen molar-refractivity contribution in [1.82, 2.24) is 15.2 Å². The zero-order valence-corrected chi connectivity index (χ0v) is 16.1. The smallest absolute Gasteiger partial charge is 0.245 e. The Morgan fingerprint density at radius 3 is 2.89 bits per heavy atom. The number of halogens is 1. The van der Waals surface area contributed by atoms with Crippen LogP contribution in [-0.4, -0.2) is 60.5 Å². The normalized spacial score (nSPS) is 16.5. The van der Waals surface area contributed by atoms with Crippen molar-refractivity contribution in [1.29, 1.82) is 5.41 Å². The number of anilines is 2. The number of ether oxygens (including phenoxy) is 1. The molecule has 0 aliphatic carbocycles. The first-order valence-corrected chi connectivity index (χ1v) is 9.35. The summed E-state index contributed by atoms with van der Waals surface area (Å²) >= 11 is 5.94. The van der Waals surface area contributed by atoms with Gasteiger partial charge in [-0.2, -0.15) is 0 Å². The summed E-state index contributed by atoms with van der Waals surface area (Å²) < 4.78 is 5.47. The Morgan fingerprint density at radius 2 is 2.14 bits per heavy atom. The maximum absolute atomic E-state index is 12.5. The molecule has 1 aliphatic heterocycles. The van der Waals surface area contributed by atoms with Crippen molar-refractivity contribution >= 4 is 34.7 Å². The van der Waals surface area contributed by atoms with Crippen molar-refractivity contribution in [2.45, 2.75) is 6.04 Å². The van der Waals surface area contributed by atoms with Crippen LogP contribution in [0.1, 0.15) is 5.56 Å². The molecule has 1 aliphatic rings. The van der Waals surface area contributed by atoms with Gasteiger partial charge in [0.2, 0.25) is 5.91 Å². The molecule has 9 heteroatoms. The zero-order valence-electron chi connectivity index (χ0n) is 15.3. The quantitative estimate of drug-likeness (QED) is 0.430. The highest BCUT2D eigenvalue weighted by Crippen LogP contribution is 2.24. The topological polar surface area (TPSA) is 116 Å². The fourth-order valence-corrected chi connectivity index (χ4v) is 3.07. The summed E-state index contributed by atoms with van der Waals surface area (Å²) in [4.78, 5) is 18.4. The number of nitrogens with one attached hydrogen (secondary N) is 3. The van der Waals surface area contributed by atoms with Gasteiger partial charge in [0.1, 0.15) is 11.9 Å². The second kappa shape index (κ2) is 9.50. The first-order chi connectivity index (χ1) is 13.6. The minimum Gasteiger partial charge on any atom is -0.377 e. The number of amides is 1. The molecule has 2 heterocycles. The number of rotatable bonds is 6. The van der Waals surface area contributed by atoms with Crippen molar-refractivity contribution in [2.75, 3.05) is 38.2 Å². The van der Waals surface area contributed by atoms with Gasteiger partial charge in [-0.25, -0.2) is 0 Å². The third-order valence-electron chi connectivity index (χ3n) is 4.36. The number of benzene rings is 1. The van der Waals surface area contributed by atoms with Gasteiger partial charge in [0, 0.05) is 42.1 Å². The summed E-state index contributed by atoms with van der Waals surface area (Å²) in [5.41, 5.74) is 7.60. The number of morpholine rings is 1. The Balaban J connectivity index is 1.82. The van der Waals surface area contributed by atoms with E-state index in [1.54, 1.807) is 35.5 Å². The molecule has 1 saturated heterocycles. The Hall–Kier alpha value is -2.68. The predicted octanol–water partition coefficient (Wildman–Crippen LogP) is 1.58. The number of nitrogens with zero attached hydrogens (tertiary/aromatic N) is 2. The van der Waals surface area contributed by atoms with Crippen LogP contribution in [0.25, 0.3) is 0 Å². The van der Waals surface area contributed by atoms with E-state index in [2.05, 4.69) is 15.6 Å². The third-order valence-corrected chi connectivity index (χ3v) is 4.61. The number of pyridine rings is 1. The van der Waals surface area contributed by atoms with Crippen LogP contribution < -0.4 is 16.4 Å². The van der Waals surface area contributed by atoms with Gasteiger partial charge >= 0.3 is 0 Å². The number of amidine groups is 1. The van der Waals surface area contributed by atoms with Crippen LogP contribution in [0.4, 0.5) is 11.4 Å². The van der Waals surface area contributed by atoms with Crippen molar-refractivity contribution in [3.63, 3.8) is 0 Å². The fourth-order valence-electron chi connectivity index (χ4n) is 2.95. The Kier molecular flexibility index (Phi) is 6.80. The van der Waals surface area contributed by atoms with Crippen molar-refractivity contribution in [2.24, 2.45) is 5.73 Å². The molecule has 1 amide bonds. The van der Waals surface area contributed by atoms with Gasteiger partial charge < -0.3 is 26.0 Å². The summed E-state index contributed by atoms with van der Waals surface area (Å²) in [7, 11) is 0. The average molecular weight is 403 g/mol. The van der Waals surface area contributed by atoms with Crippen molar-refractivity contribution in [3.05, 3.63) is 53.3 Å². The van der Waals surface area contributed by atoms with Gasteiger partial charge in [-0.1, -0.05) is 11.6 Å². The Morgan fingerprint density at radius 1 is 1.36 bits per heavy atom. The molecule has 3 rings (SSSR count). The van der Waals surface area contributed by atoms with E-state index in [0.717, 1.165) is 5.69 Å². The van der Waals surface area contributed by atoms with Gasteiger partial charge in [-0.3, -0.25) is 15.2 Å². The maximum atomic E-state index is 12.5. The Bertz CT molecular complexity index is 829. The second-order valence-corrected chi connectivity index (χ2v) is 6.70. The number of hydrogen-bond acceptors (Lipinski definition) is 6. The van der Waals surface area contributed by atoms with Crippen molar-refractivity contribution < 1.29 is 9.53 Å². The van der Waals surface area contributed by atoms with Crippen LogP contribution in [0, 0.1) is 5.41 Å². The zero-order chi connectivity index (χ0) is 19.9. The van der Waals surface area contributed by atoms with E-state index in [1.807, 2.05) is 12.1 Å². The molecule has 1 unspecified atom stereocenters. The monoisotopic (exact) mass is 402 g/mol. The van der Waals surface area contributed by atoms with Gasteiger partial charge in [0.05, 0.1) is 25.1 Å². The van der Waals surface area contributed by atoms with Gasteiger partial charge in [-0.05, 0) is 30.3 Å². The molecule has 1 aromatic heterocycles. The fraction of sp³-hybridized carbons (Fsp3) is 0.316. The molecule has 2 aromatic rings. The molecule has 8 nitrogen and oxygen atoms in total. The largest absolute Gasteiger partial charge is 0.377 e. The van der Waals surface area contributed by atoms with E-state index in [9.17, 15) is 4.79 Å². The standard InChI is InChI=1S/C19H23ClN6O2/c20-13-1-3-14(4-2-13)25-16-11-23-7-5-15(16)18(22)26-9-10-28-12-17(26)19(27)24-8-6-21/h1-5,7,11,17,22,25H,6,8-10,12,21H2,(H,24,27). The molecule has 1 aromatic carbocycles. The molecule has 28 heavy (non-hydrogen) atoms. The lowest BCUT2D eigenvalue weighted by Gasteiger charge is -2.36. The molecule has 1 atom stereocenters. The number of nitrogens with two attached hydrogens (primary N) is 1. The van der Waals surface area contributed by atoms with Gasteiger partial charge in [0.25, 0.3) is 0 Å². The summed E-state index contributed by atoms with van der Waals surface area (Å²) in [5.74, 6) is 0.0335. The molecule has 0 radical (unpaired) electrons. The second-order valence-electron chi connectivity index (χ2n) is 6.27. The van der Waals surface area contributed by atoms with E-state index < -0.39 is 6.04 Å². The van der Waals surface area contributed by atoms with Crippen LogP contribution in [0.2, 0.25) is 5.02 Å². The van der Waals surface area contributed by atoms with Crippen LogP contribution in [-0.2, 0) is 9.53 Å². The van der Waals surface area contributed by atoms with Gasteiger partial charge in [0.15, 0.2) is 0 Å². The molecule has 148 valence electrons. The van der Waals surface area contributed by atoms with E-state index in [0.29, 0.717) is 42.5 Å². The Labute approximate surface area is 168 Å². The lowest BCUT2D eigenvalue weighted by Crippen LogP contribution is -2.56.